The molecule has 2 rings (SSSR count). The predicted molar refractivity (Wildman–Crippen MR) is 78.8 cm³/mol. The maximum absolute atomic E-state index is 13.8. The summed E-state index contributed by atoms with van der Waals surface area (Å²) in [5.74, 6) is -1.13. The van der Waals surface area contributed by atoms with Crippen LogP contribution in [0.15, 0.2) is 18.2 Å². The molecule has 2 aromatic rings. The lowest BCUT2D eigenvalue weighted by molar-refractivity contribution is 0.589. The molecule has 0 saturated carbocycles. The molecule has 0 aliphatic rings. The van der Waals surface area contributed by atoms with Gasteiger partial charge in [0.1, 0.15) is 16.6 Å². The van der Waals surface area contributed by atoms with Gasteiger partial charge >= 0.3 is 0 Å². The third kappa shape index (κ3) is 3.22. The number of hydrogen-bond acceptors (Lipinski definition) is 3. The van der Waals surface area contributed by atoms with Crippen molar-refractivity contribution in [3.05, 3.63) is 40.4 Å². The zero-order valence-corrected chi connectivity index (χ0v) is 12.7. The molecular weight excluding hydrogens is 278 g/mol. The van der Waals surface area contributed by atoms with Gasteiger partial charge in [-0.25, -0.2) is 13.8 Å². The first kappa shape index (κ1) is 15.1. The van der Waals surface area contributed by atoms with Crippen LogP contribution in [0.2, 0.25) is 0 Å². The summed E-state index contributed by atoms with van der Waals surface area (Å²) in [4.78, 5) is 5.44. The van der Waals surface area contributed by atoms with Crippen molar-refractivity contribution in [2.45, 2.75) is 39.8 Å². The van der Waals surface area contributed by atoms with E-state index < -0.39 is 11.6 Å². The summed E-state index contributed by atoms with van der Waals surface area (Å²) in [6.07, 6.45) is 0.752. The first-order valence-corrected chi connectivity index (χ1v) is 7.51. The van der Waals surface area contributed by atoms with Gasteiger partial charge in [-0.3, -0.25) is 0 Å². The van der Waals surface area contributed by atoms with Crippen LogP contribution in [0.4, 0.5) is 8.78 Å². The molecule has 0 fully saturated rings. The smallest absolute Gasteiger partial charge is 0.136 e. The second-order valence-electron chi connectivity index (χ2n) is 4.87. The Morgan fingerprint density at radius 3 is 2.45 bits per heavy atom. The summed E-state index contributed by atoms with van der Waals surface area (Å²) in [5.41, 5.74) is 0.879. The number of halogens is 2. The predicted octanol–water partition coefficient (Wildman–Crippen LogP) is 4.15. The highest BCUT2D eigenvalue weighted by Crippen LogP contribution is 2.32. The minimum absolute atomic E-state index is 0.0250. The van der Waals surface area contributed by atoms with Crippen molar-refractivity contribution in [2.75, 3.05) is 0 Å². The lowest BCUT2D eigenvalue weighted by Crippen LogP contribution is -2.21. The summed E-state index contributed by atoms with van der Waals surface area (Å²) in [7, 11) is 0. The van der Waals surface area contributed by atoms with Gasteiger partial charge < -0.3 is 5.32 Å². The van der Waals surface area contributed by atoms with Crippen LogP contribution in [0.3, 0.4) is 0 Å². The van der Waals surface area contributed by atoms with Gasteiger partial charge in [0, 0.05) is 17.5 Å². The Morgan fingerprint density at radius 2 is 1.90 bits per heavy atom. The summed E-state index contributed by atoms with van der Waals surface area (Å²) in [6.45, 7) is 6.79. The molecule has 0 unspecified atom stereocenters. The zero-order valence-electron chi connectivity index (χ0n) is 11.8. The van der Waals surface area contributed by atoms with Crippen molar-refractivity contribution >= 4 is 11.3 Å². The Morgan fingerprint density at radius 1 is 1.25 bits per heavy atom. The van der Waals surface area contributed by atoms with Gasteiger partial charge in [-0.05, 0) is 18.6 Å². The van der Waals surface area contributed by atoms with Crippen molar-refractivity contribution in [1.82, 2.24) is 10.3 Å². The maximum Gasteiger partial charge on any atom is 0.136 e. The number of nitrogens with zero attached hydrogens (tertiary/aromatic N) is 1. The molecule has 1 aromatic heterocycles. The molecule has 20 heavy (non-hydrogen) atoms. The molecule has 0 aliphatic carbocycles. The molecule has 0 radical (unpaired) electrons. The minimum Gasteiger partial charge on any atom is -0.310 e. The van der Waals surface area contributed by atoms with Crippen molar-refractivity contribution < 1.29 is 8.78 Å². The van der Waals surface area contributed by atoms with Gasteiger partial charge in [0.15, 0.2) is 0 Å². The van der Waals surface area contributed by atoms with Crippen LogP contribution in [0, 0.1) is 11.6 Å². The van der Waals surface area contributed by atoms with Gasteiger partial charge in [0.2, 0.25) is 0 Å². The molecule has 0 bridgehead atoms. The normalized spacial score (nSPS) is 11.3. The molecular formula is C15H18F2N2S. The second kappa shape index (κ2) is 6.41. The third-order valence-electron chi connectivity index (χ3n) is 2.96. The first-order chi connectivity index (χ1) is 9.52. The first-order valence-electron chi connectivity index (χ1n) is 6.69. The van der Waals surface area contributed by atoms with Gasteiger partial charge in [-0.2, -0.15) is 0 Å². The number of hydrogen-bond donors (Lipinski definition) is 1. The zero-order chi connectivity index (χ0) is 14.7. The van der Waals surface area contributed by atoms with Gasteiger partial charge in [0.05, 0.1) is 11.3 Å². The van der Waals surface area contributed by atoms with E-state index in [4.69, 9.17) is 0 Å². The monoisotopic (exact) mass is 296 g/mol. The summed E-state index contributed by atoms with van der Waals surface area (Å²) < 4.78 is 27.6. The standard InChI is InChI=1S/C15H18F2N2S/c1-4-12-13(8-18-9(2)3)20-15(19-12)14-10(16)6-5-7-11(14)17/h5-7,9,18H,4,8H2,1-3H3. The molecule has 1 aromatic carbocycles. The Hall–Kier alpha value is -1.33. The average Bonchev–Trinajstić information content (AvgIpc) is 2.79. The Balaban J connectivity index is 2.38. The van der Waals surface area contributed by atoms with E-state index in [9.17, 15) is 8.78 Å². The van der Waals surface area contributed by atoms with Gasteiger partial charge in [-0.15, -0.1) is 11.3 Å². The molecule has 108 valence electrons. The van der Waals surface area contributed by atoms with Crippen molar-refractivity contribution in [1.29, 1.82) is 0 Å². The molecule has 1 N–H and O–H groups in total. The lowest BCUT2D eigenvalue weighted by Gasteiger charge is -2.06. The van der Waals surface area contributed by atoms with E-state index in [1.54, 1.807) is 0 Å². The third-order valence-corrected chi connectivity index (χ3v) is 4.08. The van der Waals surface area contributed by atoms with Crippen LogP contribution in [-0.4, -0.2) is 11.0 Å². The quantitative estimate of drug-likeness (QED) is 0.896. The summed E-state index contributed by atoms with van der Waals surface area (Å²) >= 11 is 1.35. The summed E-state index contributed by atoms with van der Waals surface area (Å²) in [6, 6.07) is 4.24. The molecule has 2 nitrogen and oxygen atoms in total. The summed E-state index contributed by atoms with van der Waals surface area (Å²) in [5, 5.41) is 3.73. The fraction of sp³-hybridized carbons (Fsp3) is 0.400. The van der Waals surface area contributed by atoms with E-state index in [2.05, 4.69) is 24.1 Å². The van der Waals surface area contributed by atoms with Crippen molar-refractivity contribution in [2.24, 2.45) is 0 Å². The molecule has 0 amide bonds. The van der Waals surface area contributed by atoms with Crippen molar-refractivity contribution in [3.8, 4) is 10.6 Å². The molecule has 0 aliphatic heterocycles. The molecule has 5 heteroatoms. The average molecular weight is 296 g/mol. The van der Waals surface area contributed by atoms with E-state index in [-0.39, 0.29) is 5.56 Å². The number of nitrogens with one attached hydrogen (secondary N) is 1. The minimum atomic E-state index is -0.565. The Labute approximate surface area is 121 Å². The van der Waals surface area contributed by atoms with E-state index in [0.29, 0.717) is 17.6 Å². The highest BCUT2D eigenvalue weighted by Gasteiger charge is 2.17. The Kier molecular flexibility index (Phi) is 4.83. The molecule has 0 atom stereocenters. The van der Waals surface area contributed by atoms with Crippen LogP contribution < -0.4 is 5.32 Å². The fourth-order valence-corrected chi connectivity index (χ4v) is 3.05. The van der Waals surface area contributed by atoms with E-state index in [1.807, 2.05) is 6.92 Å². The number of rotatable bonds is 5. The number of aryl methyl sites for hydroxylation is 1. The maximum atomic E-state index is 13.8. The van der Waals surface area contributed by atoms with E-state index in [1.165, 1.54) is 29.5 Å². The van der Waals surface area contributed by atoms with Crippen molar-refractivity contribution in [3.63, 3.8) is 0 Å². The molecule has 0 saturated heterocycles. The topological polar surface area (TPSA) is 24.9 Å². The number of benzene rings is 1. The second-order valence-corrected chi connectivity index (χ2v) is 5.96. The van der Waals surface area contributed by atoms with Crippen LogP contribution in [0.25, 0.3) is 10.6 Å². The van der Waals surface area contributed by atoms with E-state index in [0.717, 1.165) is 17.0 Å². The van der Waals surface area contributed by atoms with Crippen LogP contribution in [0.1, 0.15) is 31.3 Å². The fourth-order valence-electron chi connectivity index (χ4n) is 1.90. The molecule has 0 spiro atoms. The highest BCUT2D eigenvalue weighted by molar-refractivity contribution is 7.15. The van der Waals surface area contributed by atoms with Crippen LogP contribution >= 0.6 is 11.3 Å². The van der Waals surface area contributed by atoms with Gasteiger partial charge in [-0.1, -0.05) is 26.8 Å². The van der Waals surface area contributed by atoms with E-state index >= 15 is 0 Å². The van der Waals surface area contributed by atoms with Gasteiger partial charge in [0.25, 0.3) is 0 Å². The SMILES string of the molecule is CCc1nc(-c2c(F)cccc2F)sc1CNC(C)C. The number of thiazole rings is 1. The number of aromatic nitrogens is 1. The van der Waals surface area contributed by atoms with Crippen LogP contribution in [0.5, 0.6) is 0 Å². The van der Waals surface area contributed by atoms with Crippen LogP contribution in [-0.2, 0) is 13.0 Å². The highest BCUT2D eigenvalue weighted by atomic mass is 32.1. The lowest BCUT2D eigenvalue weighted by atomic mass is 10.2. The largest absolute Gasteiger partial charge is 0.310 e. The Bertz CT molecular complexity index is 573. The molecule has 1 heterocycles.